The zero-order chi connectivity index (χ0) is 10.7. The van der Waals surface area contributed by atoms with E-state index in [1.807, 2.05) is 0 Å². The van der Waals surface area contributed by atoms with Gasteiger partial charge in [-0.2, -0.15) is 0 Å². The second-order valence-corrected chi connectivity index (χ2v) is 3.39. The first-order chi connectivity index (χ1) is 6.50. The Bertz CT molecular complexity index is 300. The normalized spacial score (nSPS) is 12.9. The summed E-state index contributed by atoms with van der Waals surface area (Å²) in [4.78, 5) is 0. The first-order valence-electron chi connectivity index (χ1n) is 4.39. The molecule has 0 bridgehead atoms. The lowest BCUT2D eigenvalue weighted by molar-refractivity contribution is 0.444. The topological polar surface area (TPSA) is 26.0 Å². The van der Waals surface area contributed by atoms with E-state index in [9.17, 15) is 13.2 Å². The third-order valence-electron chi connectivity index (χ3n) is 1.93. The van der Waals surface area contributed by atoms with E-state index in [1.54, 1.807) is 6.92 Å². The second kappa shape index (κ2) is 4.46. The van der Waals surface area contributed by atoms with Gasteiger partial charge in [-0.25, -0.2) is 13.2 Å². The molecule has 1 atom stereocenters. The van der Waals surface area contributed by atoms with E-state index in [4.69, 9.17) is 5.73 Å². The molecule has 0 radical (unpaired) electrons. The van der Waals surface area contributed by atoms with Gasteiger partial charge in [-0.15, -0.1) is 0 Å². The van der Waals surface area contributed by atoms with Crippen molar-refractivity contribution in [3.8, 4) is 0 Å². The average molecular weight is 203 g/mol. The average Bonchev–Trinajstić information content (AvgIpc) is 2.10. The molecule has 0 fully saturated rings. The fourth-order valence-corrected chi connectivity index (χ4v) is 1.15. The van der Waals surface area contributed by atoms with Gasteiger partial charge in [0.25, 0.3) is 0 Å². The van der Waals surface area contributed by atoms with E-state index in [1.165, 1.54) is 0 Å². The smallest absolute Gasteiger partial charge is 0.194 e. The van der Waals surface area contributed by atoms with Crippen molar-refractivity contribution in [2.45, 2.75) is 25.8 Å². The number of hydrogen-bond acceptors (Lipinski definition) is 1. The molecule has 2 N–H and O–H groups in total. The molecule has 1 rings (SSSR count). The Labute approximate surface area is 80.7 Å². The number of aryl methyl sites for hydroxylation is 1. The Morgan fingerprint density at radius 2 is 1.71 bits per heavy atom. The molecule has 1 aromatic rings. The standard InChI is InChI=1S/C10H12F3N/c1-6(14)2-3-7-4-8(11)10(13)9(12)5-7/h4-6H,2-3,14H2,1H3. The summed E-state index contributed by atoms with van der Waals surface area (Å²) in [5.74, 6) is -3.72. The van der Waals surface area contributed by atoms with E-state index >= 15 is 0 Å². The van der Waals surface area contributed by atoms with Crippen molar-refractivity contribution < 1.29 is 13.2 Å². The van der Waals surface area contributed by atoms with Crippen LogP contribution in [0.2, 0.25) is 0 Å². The van der Waals surface area contributed by atoms with E-state index in [-0.39, 0.29) is 6.04 Å². The molecule has 0 amide bonds. The highest BCUT2D eigenvalue weighted by Crippen LogP contribution is 2.15. The molecule has 0 heterocycles. The molecule has 1 aromatic carbocycles. The van der Waals surface area contributed by atoms with E-state index < -0.39 is 17.5 Å². The molecule has 14 heavy (non-hydrogen) atoms. The molecular formula is C10H12F3N. The maximum Gasteiger partial charge on any atom is 0.194 e. The number of benzene rings is 1. The Kier molecular flexibility index (Phi) is 3.52. The summed E-state index contributed by atoms with van der Waals surface area (Å²) in [5, 5.41) is 0. The second-order valence-electron chi connectivity index (χ2n) is 3.39. The molecule has 0 saturated carbocycles. The van der Waals surface area contributed by atoms with Crippen LogP contribution in [0.25, 0.3) is 0 Å². The van der Waals surface area contributed by atoms with Gasteiger partial charge in [0.05, 0.1) is 0 Å². The van der Waals surface area contributed by atoms with Crippen LogP contribution in [-0.4, -0.2) is 6.04 Å². The molecule has 1 unspecified atom stereocenters. The van der Waals surface area contributed by atoms with Gasteiger partial charge in [0, 0.05) is 6.04 Å². The van der Waals surface area contributed by atoms with Gasteiger partial charge in [-0.3, -0.25) is 0 Å². The Morgan fingerprint density at radius 3 is 2.14 bits per heavy atom. The molecule has 4 heteroatoms. The monoisotopic (exact) mass is 203 g/mol. The molecule has 1 nitrogen and oxygen atoms in total. The largest absolute Gasteiger partial charge is 0.328 e. The highest BCUT2D eigenvalue weighted by Gasteiger charge is 2.10. The zero-order valence-corrected chi connectivity index (χ0v) is 7.86. The summed E-state index contributed by atoms with van der Waals surface area (Å²) in [6.07, 6.45) is 1.07. The van der Waals surface area contributed by atoms with Gasteiger partial charge < -0.3 is 5.73 Å². The van der Waals surface area contributed by atoms with Gasteiger partial charge in [0.2, 0.25) is 0 Å². The maximum absolute atomic E-state index is 12.7. The number of nitrogens with two attached hydrogens (primary N) is 1. The van der Waals surface area contributed by atoms with Gasteiger partial charge in [0.1, 0.15) is 0 Å². The first-order valence-corrected chi connectivity index (χ1v) is 4.39. The lowest BCUT2D eigenvalue weighted by Crippen LogP contribution is -2.15. The Balaban J connectivity index is 2.79. The summed E-state index contributed by atoms with van der Waals surface area (Å²) in [6, 6.07) is 1.97. The van der Waals surface area contributed by atoms with E-state index in [0.29, 0.717) is 18.4 Å². The number of rotatable bonds is 3. The van der Waals surface area contributed by atoms with Crippen molar-refractivity contribution in [2.75, 3.05) is 0 Å². The first kappa shape index (κ1) is 11.0. The Morgan fingerprint density at radius 1 is 1.21 bits per heavy atom. The molecule has 0 aliphatic carbocycles. The van der Waals surface area contributed by atoms with Crippen molar-refractivity contribution in [1.29, 1.82) is 0 Å². The third-order valence-corrected chi connectivity index (χ3v) is 1.93. The molecule has 0 saturated heterocycles. The predicted molar refractivity (Wildman–Crippen MR) is 48.3 cm³/mol. The fourth-order valence-electron chi connectivity index (χ4n) is 1.15. The van der Waals surface area contributed by atoms with Gasteiger partial charge >= 0.3 is 0 Å². The number of hydrogen-bond donors (Lipinski definition) is 1. The summed E-state index contributed by atoms with van der Waals surface area (Å²) < 4.78 is 38.0. The lowest BCUT2D eigenvalue weighted by Gasteiger charge is -2.05. The molecule has 78 valence electrons. The molecule has 0 aliphatic heterocycles. The number of halogens is 3. The summed E-state index contributed by atoms with van der Waals surface area (Å²) in [7, 11) is 0. The van der Waals surface area contributed by atoms with E-state index in [2.05, 4.69) is 0 Å². The molecule has 0 aliphatic rings. The van der Waals surface area contributed by atoms with Crippen LogP contribution in [0.1, 0.15) is 18.9 Å². The molecule has 0 aromatic heterocycles. The van der Waals surface area contributed by atoms with Gasteiger partial charge in [0.15, 0.2) is 17.5 Å². The van der Waals surface area contributed by atoms with Crippen molar-refractivity contribution in [3.05, 3.63) is 35.1 Å². The molecular weight excluding hydrogens is 191 g/mol. The molecule has 0 spiro atoms. The van der Waals surface area contributed by atoms with E-state index in [0.717, 1.165) is 12.1 Å². The van der Waals surface area contributed by atoms with Crippen molar-refractivity contribution in [2.24, 2.45) is 5.73 Å². The van der Waals surface area contributed by atoms with Crippen LogP contribution in [0.3, 0.4) is 0 Å². The van der Waals surface area contributed by atoms with Crippen LogP contribution in [-0.2, 0) is 6.42 Å². The summed E-state index contributed by atoms with van der Waals surface area (Å²) in [5.41, 5.74) is 5.91. The quantitative estimate of drug-likeness (QED) is 0.750. The van der Waals surface area contributed by atoms with Crippen LogP contribution in [0, 0.1) is 17.5 Å². The van der Waals surface area contributed by atoms with Crippen LogP contribution in [0.5, 0.6) is 0 Å². The predicted octanol–water partition coefficient (Wildman–Crippen LogP) is 2.38. The van der Waals surface area contributed by atoms with Crippen molar-refractivity contribution in [3.63, 3.8) is 0 Å². The summed E-state index contributed by atoms with van der Waals surface area (Å²) >= 11 is 0. The minimum Gasteiger partial charge on any atom is -0.328 e. The zero-order valence-electron chi connectivity index (χ0n) is 7.86. The Hall–Kier alpha value is -1.03. The third kappa shape index (κ3) is 2.73. The maximum atomic E-state index is 12.7. The van der Waals surface area contributed by atoms with Crippen molar-refractivity contribution in [1.82, 2.24) is 0 Å². The van der Waals surface area contributed by atoms with Crippen LogP contribution >= 0.6 is 0 Å². The van der Waals surface area contributed by atoms with Gasteiger partial charge in [-0.1, -0.05) is 0 Å². The minimum absolute atomic E-state index is 0.0359. The minimum atomic E-state index is -1.42. The van der Waals surface area contributed by atoms with Crippen LogP contribution < -0.4 is 5.73 Å². The SMILES string of the molecule is CC(N)CCc1cc(F)c(F)c(F)c1. The summed E-state index contributed by atoms with van der Waals surface area (Å²) in [6.45, 7) is 1.80. The lowest BCUT2D eigenvalue weighted by atomic mass is 10.1. The van der Waals surface area contributed by atoms with Crippen LogP contribution in [0.15, 0.2) is 12.1 Å². The van der Waals surface area contributed by atoms with Crippen molar-refractivity contribution >= 4 is 0 Å². The van der Waals surface area contributed by atoms with Crippen LogP contribution in [0.4, 0.5) is 13.2 Å². The highest BCUT2D eigenvalue weighted by atomic mass is 19.2. The van der Waals surface area contributed by atoms with Gasteiger partial charge in [-0.05, 0) is 37.5 Å². The highest BCUT2D eigenvalue weighted by molar-refractivity contribution is 5.19. The fraction of sp³-hybridized carbons (Fsp3) is 0.400.